The van der Waals surface area contributed by atoms with Crippen molar-refractivity contribution in [2.75, 3.05) is 18.7 Å². The molecule has 4 nitrogen and oxygen atoms in total. The van der Waals surface area contributed by atoms with Crippen LogP contribution in [-0.4, -0.2) is 23.3 Å². The van der Waals surface area contributed by atoms with Crippen LogP contribution in [0.5, 0.6) is 5.75 Å². The predicted octanol–water partition coefficient (Wildman–Crippen LogP) is 5.04. The first-order valence-corrected chi connectivity index (χ1v) is 10.1. The highest BCUT2D eigenvalue weighted by Gasteiger charge is 2.21. The monoisotopic (exact) mass is 357 g/mol. The van der Waals surface area contributed by atoms with Gasteiger partial charge in [0.15, 0.2) is 5.16 Å². The second kappa shape index (κ2) is 6.61. The van der Waals surface area contributed by atoms with Crippen LogP contribution >= 0.6 is 23.1 Å². The van der Waals surface area contributed by atoms with Gasteiger partial charge >= 0.3 is 0 Å². The molecule has 0 atom stereocenters. The van der Waals surface area contributed by atoms with Gasteiger partial charge in [-0.15, -0.1) is 11.3 Å². The Morgan fingerprint density at radius 2 is 2.00 bits per heavy atom. The summed E-state index contributed by atoms with van der Waals surface area (Å²) in [4.78, 5) is 12.1. The number of anilines is 2. The topological polar surface area (TPSA) is 47.0 Å². The molecule has 1 aromatic carbocycles. The van der Waals surface area contributed by atoms with Crippen LogP contribution in [0.1, 0.15) is 23.3 Å². The fraction of sp³-hybridized carbons (Fsp3) is 0.333. The second-order valence-electron chi connectivity index (χ2n) is 5.78. The minimum atomic E-state index is 0.804. The number of aromatic nitrogens is 2. The number of benzene rings is 1. The molecule has 1 aliphatic carbocycles. The van der Waals surface area contributed by atoms with E-state index < -0.39 is 0 Å². The molecule has 4 rings (SSSR count). The summed E-state index contributed by atoms with van der Waals surface area (Å²) in [6, 6.07) is 7.95. The van der Waals surface area contributed by atoms with Crippen LogP contribution in [-0.2, 0) is 12.8 Å². The summed E-state index contributed by atoms with van der Waals surface area (Å²) in [7, 11) is 1.69. The molecule has 1 N–H and O–H groups in total. The average molecular weight is 358 g/mol. The first-order valence-electron chi connectivity index (χ1n) is 8.06. The van der Waals surface area contributed by atoms with E-state index in [1.54, 1.807) is 18.9 Å². The van der Waals surface area contributed by atoms with E-state index in [1.807, 2.05) is 41.9 Å². The van der Waals surface area contributed by atoms with Gasteiger partial charge in [0.1, 0.15) is 16.4 Å². The SMILES string of the molecule is COc1ccccc1Nc1nc(SC)nc2sc3c(c12)CCCC3. The summed E-state index contributed by atoms with van der Waals surface area (Å²) in [5, 5.41) is 5.49. The number of nitrogens with one attached hydrogen (secondary N) is 1. The second-order valence-corrected chi connectivity index (χ2v) is 7.63. The maximum absolute atomic E-state index is 5.47. The van der Waals surface area contributed by atoms with Gasteiger partial charge in [-0.1, -0.05) is 23.9 Å². The minimum absolute atomic E-state index is 0.804. The van der Waals surface area contributed by atoms with Crippen molar-refractivity contribution < 1.29 is 4.74 Å². The van der Waals surface area contributed by atoms with E-state index in [4.69, 9.17) is 14.7 Å². The first kappa shape index (κ1) is 15.7. The van der Waals surface area contributed by atoms with Crippen LogP contribution in [0.4, 0.5) is 11.5 Å². The van der Waals surface area contributed by atoms with Gasteiger partial charge in [0.05, 0.1) is 18.2 Å². The minimum Gasteiger partial charge on any atom is -0.495 e. The zero-order chi connectivity index (χ0) is 16.5. The lowest BCUT2D eigenvalue weighted by atomic mass is 9.97. The quantitative estimate of drug-likeness (QED) is 0.523. The molecule has 0 amide bonds. The summed E-state index contributed by atoms with van der Waals surface area (Å²) < 4.78 is 5.47. The summed E-state index contributed by atoms with van der Waals surface area (Å²) in [6.45, 7) is 0. The first-order chi connectivity index (χ1) is 11.8. The molecule has 0 saturated heterocycles. The number of fused-ring (bicyclic) bond motifs is 3. The largest absolute Gasteiger partial charge is 0.495 e. The molecule has 2 heterocycles. The molecule has 0 fully saturated rings. The van der Waals surface area contributed by atoms with Crippen molar-refractivity contribution in [3.05, 3.63) is 34.7 Å². The van der Waals surface area contributed by atoms with Gasteiger partial charge in [-0.05, 0) is 49.6 Å². The maximum Gasteiger partial charge on any atom is 0.190 e. The normalized spacial score (nSPS) is 13.8. The number of thioether (sulfide) groups is 1. The lowest BCUT2D eigenvalue weighted by Crippen LogP contribution is -2.02. The van der Waals surface area contributed by atoms with Crippen molar-refractivity contribution in [2.24, 2.45) is 0 Å². The third kappa shape index (κ3) is 2.74. The number of methoxy groups -OCH3 is 1. The zero-order valence-corrected chi connectivity index (χ0v) is 15.4. The molecule has 0 unspecified atom stereocenters. The highest BCUT2D eigenvalue weighted by Crippen LogP contribution is 2.40. The van der Waals surface area contributed by atoms with E-state index in [2.05, 4.69) is 5.32 Å². The van der Waals surface area contributed by atoms with Crippen LogP contribution in [0.15, 0.2) is 29.4 Å². The number of rotatable bonds is 4. The lowest BCUT2D eigenvalue weighted by molar-refractivity contribution is 0.417. The fourth-order valence-electron chi connectivity index (χ4n) is 3.20. The number of aryl methyl sites for hydroxylation is 2. The molecule has 0 radical (unpaired) electrons. The predicted molar refractivity (Wildman–Crippen MR) is 102 cm³/mol. The molecular weight excluding hydrogens is 338 g/mol. The van der Waals surface area contributed by atoms with Gasteiger partial charge in [-0.25, -0.2) is 9.97 Å². The number of para-hydroxylation sites is 2. The van der Waals surface area contributed by atoms with Gasteiger partial charge in [0.2, 0.25) is 0 Å². The molecule has 124 valence electrons. The molecular formula is C18H19N3OS2. The van der Waals surface area contributed by atoms with E-state index in [9.17, 15) is 0 Å². The molecule has 0 saturated carbocycles. The third-order valence-electron chi connectivity index (χ3n) is 4.34. The number of nitrogens with zero attached hydrogens (tertiary/aromatic N) is 2. The van der Waals surface area contributed by atoms with Crippen molar-refractivity contribution in [1.29, 1.82) is 0 Å². The van der Waals surface area contributed by atoms with Crippen molar-refractivity contribution in [3.63, 3.8) is 0 Å². The Labute approximate surface area is 149 Å². The fourth-order valence-corrected chi connectivity index (χ4v) is 4.88. The summed E-state index contributed by atoms with van der Waals surface area (Å²) in [6.07, 6.45) is 6.83. The van der Waals surface area contributed by atoms with Gasteiger partial charge in [0, 0.05) is 4.88 Å². The van der Waals surface area contributed by atoms with E-state index in [0.717, 1.165) is 33.7 Å². The molecule has 0 bridgehead atoms. The third-order valence-corrected chi connectivity index (χ3v) is 6.07. The van der Waals surface area contributed by atoms with E-state index in [1.165, 1.54) is 35.1 Å². The van der Waals surface area contributed by atoms with Crippen LogP contribution in [0.25, 0.3) is 10.2 Å². The molecule has 2 aromatic heterocycles. The van der Waals surface area contributed by atoms with Crippen LogP contribution < -0.4 is 10.1 Å². The summed E-state index contributed by atoms with van der Waals surface area (Å²) in [5.74, 6) is 1.72. The standard InChI is InChI=1S/C18H19N3OS2/c1-22-13-9-5-4-8-12(13)19-16-15-11-7-3-6-10-14(11)24-17(15)21-18(20-16)23-2/h4-5,8-9H,3,6-7,10H2,1-2H3,(H,19,20,21). The van der Waals surface area contributed by atoms with Gasteiger partial charge in [-0.2, -0.15) is 0 Å². The zero-order valence-electron chi connectivity index (χ0n) is 13.8. The van der Waals surface area contributed by atoms with Crippen LogP contribution in [0.2, 0.25) is 0 Å². The van der Waals surface area contributed by atoms with Gasteiger partial charge in [-0.3, -0.25) is 0 Å². The van der Waals surface area contributed by atoms with Crippen molar-refractivity contribution in [3.8, 4) is 5.75 Å². The van der Waals surface area contributed by atoms with Crippen LogP contribution in [0.3, 0.4) is 0 Å². The molecule has 1 aliphatic rings. The number of thiophene rings is 1. The van der Waals surface area contributed by atoms with E-state index >= 15 is 0 Å². The Balaban J connectivity index is 1.88. The van der Waals surface area contributed by atoms with Gasteiger partial charge < -0.3 is 10.1 Å². The highest BCUT2D eigenvalue weighted by molar-refractivity contribution is 7.98. The Morgan fingerprint density at radius 1 is 1.17 bits per heavy atom. The van der Waals surface area contributed by atoms with Crippen molar-refractivity contribution >= 4 is 44.8 Å². The van der Waals surface area contributed by atoms with E-state index in [-0.39, 0.29) is 0 Å². The lowest BCUT2D eigenvalue weighted by Gasteiger charge is -2.14. The smallest absolute Gasteiger partial charge is 0.190 e. The molecule has 0 spiro atoms. The Kier molecular flexibility index (Phi) is 4.33. The average Bonchev–Trinajstić information content (AvgIpc) is 3.00. The molecule has 3 aromatic rings. The Bertz CT molecular complexity index is 891. The summed E-state index contributed by atoms with van der Waals surface area (Å²) in [5.41, 5.74) is 2.37. The molecule has 6 heteroatoms. The number of hydrogen-bond acceptors (Lipinski definition) is 6. The number of ether oxygens (including phenoxy) is 1. The van der Waals surface area contributed by atoms with Crippen molar-refractivity contribution in [2.45, 2.75) is 30.8 Å². The Hall–Kier alpha value is -1.79. The highest BCUT2D eigenvalue weighted by atomic mass is 32.2. The van der Waals surface area contributed by atoms with Gasteiger partial charge in [0.25, 0.3) is 0 Å². The summed E-state index contributed by atoms with van der Waals surface area (Å²) >= 11 is 3.41. The molecule has 0 aliphatic heterocycles. The molecule has 24 heavy (non-hydrogen) atoms. The Morgan fingerprint density at radius 3 is 2.83 bits per heavy atom. The van der Waals surface area contributed by atoms with E-state index in [0.29, 0.717) is 0 Å². The van der Waals surface area contributed by atoms with Crippen molar-refractivity contribution in [1.82, 2.24) is 9.97 Å². The number of hydrogen-bond donors (Lipinski definition) is 1. The van der Waals surface area contributed by atoms with Crippen LogP contribution in [0, 0.1) is 0 Å². The maximum atomic E-state index is 5.47.